The van der Waals surface area contributed by atoms with Gasteiger partial charge in [0.1, 0.15) is 0 Å². The Hall–Kier alpha value is -1.93. The third kappa shape index (κ3) is 3.22. The molecule has 0 bridgehead atoms. The van der Waals surface area contributed by atoms with Gasteiger partial charge in [-0.25, -0.2) is 13.6 Å². The summed E-state index contributed by atoms with van der Waals surface area (Å²) >= 11 is 0. The minimum Gasteiger partial charge on any atom is -0.481 e. The maximum atomic E-state index is 12.3. The Bertz CT molecular complexity index is 699. The quantitative estimate of drug-likeness (QED) is 0.826. The van der Waals surface area contributed by atoms with Crippen LogP contribution in [-0.4, -0.2) is 43.4 Å². The number of carboxylic acid groups (broad SMARTS) is 1. The first-order valence-electron chi connectivity index (χ1n) is 6.35. The van der Waals surface area contributed by atoms with E-state index in [9.17, 15) is 18.0 Å². The van der Waals surface area contributed by atoms with Gasteiger partial charge in [-0.2, -0.15) is 0 Å². The lowest BCUT2D eigenvalue weighted by Gasteiger charge is -2.16. The number of nitrogens with zero attached hydrogens (tertiary/aromatic N) is 1. The number of hydrogen-bond donors (Lipinski definition) is 2. The van der Waals surface area contributed by atoms with Crippen LogP contribution in [0.1, 0.15) is 22.3 Å². The van der Waals surface area contributed by atoms with Crippen molar-refractivity contribution in [3.05, 3.63) is 29.3 Å². The summed E-state index contributed by atoms with van der Waals surface area (Å²) in [7, 11) is -3.90. The van der Waals surface area contributed by atoms with Crippen molar-refractivity contribution >= 4 is 21.9 Å². The monoisotopic (exact) mass is 312 g/mol. The van der Waals surface area contributed by atoms with Gasteiger partial charge < -0.3 is 10.0 Å². The van der Waals surface area contributed by atoms with Gasteiger partial charge in [-0.1, -0.05) is 6.07 Å². The van der Waals surface area contributed by atoms with Gasteiger partial charge >= 0.3 is 5.97 Å². The number of likely N-dealkylation sites (tertiary alicyclic amines) is 1. The van der Waals surface area contributed by atoms with Crippen LogP contribution in [-0.2, 0) is 14.8 Å². The molecule has 21 heavy (non-hydrogen) atoms. The highest BCUT2D eigenvalue weighted by Crippen LogP contribution is 2.21. The molecule has 0 saturated carbocycles. The van der Waals surface area contributed by atoms with Gasteiger partial charge in [-0.3, -0.25) is 9.59 Å². The largest absolute Gasteiger partial charge is 0.481 e. The molecule has 0 aliphatic carbocycles. The van der Waals surface area contributed by atoms with E-state index in [-0.39, 0.29) is 22.9 Å². The number of carboxylic acids is 1. The summed E-state index contributed by atoms with van der Waals surface area (Å²) in [4.78, 5) is 24.5. The predicted molar refractivity (Wildman–Crippen MR) is 74.2 cm³/mol. The van der Waals surface area contributed by atoms with Gasteiger partial charge in [-0.15, -0.1) is 0 Å². The Morgan fingerprint density at radius 2 is 2.05 bits per heavy atom. The Kier molecular flexibility index (Phi) is 4.02. The van der Waals surface area contributed by atoms with Crippen molar-refractivity contribution in [2.75, 3.05) is 13.1 Å². The number of carbonyl (C=O) groups is 2. The Morgan fingerprint density at radius 1 is 1.38 bits per heavy atom. The van der Waals surface area contributed by atoms with Gasteiger partial charge in [0, 0.05) is 18.7 Å². The molecule has 1 aromatic carbocycles. The molecule has 2 rings (SSSR count). The van der Waals surface area contributed by atoms with Crippen LogP contribution in [0.25, 0.3) is 0 Å². The summed E-state index contributed by atoms with van der Waals surface area (Å²) in [6.07, 6.45) is 0.398. The number of aryl methyl sites for hydroxylation is 1. The molecule has 0 spiro atoms. The first-order valence-corrected chi connectivity index (χ1v) is 7.90. The van der Waals surface area contributed by atoms with Crippen molar-refractivity contribution in [1.82, 2.24) is 4.90 Å². The molecule has 1 atom stereocenters. The highest BCUT2D eigenvalue weighted by atomic mass is 32.2. The zero-order valence-electron chi connectivity index (χ0n) is 11.4. The molecule has 7 nitrogen and oxygen atoms in total. The predicted octanol–water partition coefficient (Wildman–Crippen LogP) is 0.189. The Morgan fingerprint density at radius 3 is 2.57 bits per heavy atom. The van der Waals surface area contributed by atoms with Crippen LogP contribution in [0.2, 0.25) is 0 Å². The first-order chi connectivity index (χ1) is 9.70. The second kappa shape index (κ2) is 5.45. The van der Waals surface area contributed by atoms with E-state index >= 15 is 0 Å². The van der Waals surface area contributed by atoms with E-state index in [4.69, 9.17) is 10.2 Å². The third-order valence-electron chi connectivity index (χ3n) is 3.57. The maximum Gasteiger partial charge on any atom is 0.308 e. The molecule has 1 saturated heterocycles. The van der Waals surface area contributed by atoms with E-state index in [2.05, 4.69) is 0 Å². The smallest absolute Gasteiger partial charge is 0.308 e. The molecule has 1 aromatic rings. The average molecular weight is 312 g/mol. The standard InChI is InChI=1S/C13H16N2O5S/c1-8-2-3-9(6-11(8)21(14,19)20)12(16)15-5-4-10(7-15)13(17)18/h2-3,6,10H,4-5,7H2,1H3,(H,17,18)(H2,14,19,20)/t10-/m1/s1. The van der Waals surface area contributed by atoms with Gasteiger partial charge in [0.05, 0.1) is 10.8 Å². The lowest BCUT2D eigenvalue weighted by atomic mass is 10.1. The number of primary sulfonamides is 1. The highest BCUT2D eigenvalue weighted by Gasteiger charge is 2.31. The van der Waals surface area contributed by atoms with E-state index < -0.39 is 21.9 Å². The molecule has 114 valence electrons. The number of amides is 1. The topological polar surface area (TPSA) is 118 Å². The number of carbonyl (C=O) groups excluding carboxylic acids is 1. The molecule has 3 N–H and O–H groups in total. The molecule has 1 fully saturated rings. The molecular weight excluding hydrogens is 296 g/mol. The molecule has 1 amide bonds. The third-order valence-corrected chi connectivity index (χ3v) is 4.62. The van der Waals surface area contributed by atoms with Gasteiger partial charge in [0.25, 0.3) is 5.91 Å². The van der Waals surface area contributed by atoms with Gasteiger partial charge in [0.15, 0.2) is 0 Å². The van der Waals surface area contributed by atoms with Crippen molar-refractivity contribution in [2.24, 2.45) is 11.1 Å². The number of aliphatic carboxylic acids is 1. The maximum absolute atomic E-state index is 12.3. The summed E-state index contributed by atoms with van der Waals surface area (Å²) < 4.78 is 22.9. The lowest BCUT2D eigenvalue weighted by Crippen LogP contribution is -2.30. The number of hydrogen-bond acceptors (Lipinski definition) is 4. The fraction of sp³-hybridized carbons (Fsp3) is 0.385. The molecule has 8 heteroatoms. The molecule has 0 radical (unpaired) electrons. The molecular formula is C13H16N2O5S. The van der Waals surface area contributed by atoms with E-state index in [1.807, 2.05) is 0 Å². The van der Waals surface area contributed by atoms with Crippen LogP contribution >= 0.6 is 0 Å². The van der Waals surface area contributed by atoms with Crippen LogP contribution < -0.4 is 5.14 Å². The normalized spacial score (nSPS) is 18.8. The second-order valence-corrected chi connectivity index (χ2v) is 6.63. The minimum atomic E-state index is -3.90. The summed E-state index contributed by atoms with van der Waals surface area (Å²) in [6, 6.07) is 4.26. The molecule has 1 aliphatic heterocycles. The molecule has 1 heterocycles. The SMILES string of the molecule is Cc1ccc(C(=O)N2CC[C@@H](C(=O)O)C2)cc1S(N)(=O)=O. The van der Waals surface area contributed by atoms with Crippen LogP contribution in [0.4, 0.5) is 0 Å². The lowest BCUT2D eigenvalue weighted by molar-refractivity contribution is -0.141. The fourth-order valence-corrected chi connectivity index (χ4v) is 3.18. The van der Waals surface area contributed by atoms with Gasteiger partial charge in [-0.05, 0) is 31.0 Å². The average Bonchev–Trinajstić information content (AvgIpc) is 2.86. The van der Waals surface area contributed by atoms with Crippen molar-refractivity contribution in [3.8, 4) is 0 Å². The van der Waals surface area contributed by atoms with Crippen molar-refractivity contribution in [2.45, 2.75) is 18.2 Å². The Balaban J connectivity index is 2.27. The first kappa shape index (κ1) is 15.5. The highest BCUT2D eigenvalue weighted by molar-refractivity contribution is 7.89. The Labute approximate surface area is 122 Å². The summed E-state index contributed by atoms with van der Waals surface area (Å²) in [6.45, 7) is 2.06. The number of nitrogens with two attached hydrogens (primary N) is 1. The number of rotatable bonds is 3. The summed E-state index contributed by atoms with van der Waals surface area (Å²) in [5, 5.41) is 14.0. The summed E-state index contributed by atoms with van der Waals surface area (Å²) in [5.41, 5.74) is 0.648. The van der Waals surface area contributed by atoms with Crippen molar-refractivity contribution < 1.29 is 23.1 Å². The van der Waals surface area contributed by atoms with E-state index in [0.29, 0.717) is 18.5 Å². The van der Waals surface area contributed by atoms with Crippen LogP contribution in [0.5, 0.6) is 0 Å². The van der Waals surface area contributed by atoms with E-state index in [0.717, 1.165) is 0 Å². The zero-order chi connectivity index (χ0) is 15.8. The van der Waals surface area contributed by atoms with Crippen molar-refractivity contribution in [3.63, 3.8) is 0 Å². The number of benzene rings is 1. The molecule has 0 aromatic heterocycles. The second-order valence-electron chi connectivity index (χ2n) is 5.10. The van der Waals surface area contributed by atoms with Crippen LogP contribution in [0.3, 0.4) is 0 Å². The molecule has 1 aliphatic rings. The molecule has 0 unspecified atom stereocenters. The van der Waals surface area contributed by atoms with Crippen molar-refractivity contribution in [1.29, 1.82) is 0 Å². The summed E-state index contributed by atoms with van der Waals surface area (Å²) in [5.74, 6) is -1.89. The minimum absolute atomic E-state index is 0.0951. The van der Waals surface area contributed by atoms with Crippen LogP contribution in [0, 0.1) is 12.8 Å². The van der Waals surface area contributed by atoms with E-state index in [1.165, 1.54) is 23.1 Å². The zero-order valence-corrected chi connectivity index (χ0v) is 12.3. The van der Waals surface area contributed by atoms with E-state index in [1.54, 1.807) is 6.92 Å². The number of sulfonamides is 1. The fourth-order valence-electron chi connectivity index (χ4n) is 2.37. The van der Waals surface area contributed by atoms with Gasteiger partial charge in [0.2, 0.25) is 10.0 Å². The van der Waals surface area contributed by atoms with Crippen LogP contribution in [0.15, 0.2) is 23.1 Å².